The molecule has 0 amide bonds. The largest absolute Gasteiger partial charge is 0.479 e. The van der Waals surface area contributed by atoms with E-state index in [1.807, 2.05) is 0 Å². The van der Waals surface area contributed by atoms with Gasteiger partial charge in [-0.3, -0.25) is 0 Å². The number of aromatic hydroxyl groups is 1. The Balaban J connectivity index is 2.91. The summed E-state index contributed by atoms with van der Waals surface area (Å²) in [4.78, 5) is 13.7. The summed E-state index contributed by atoms with van der Waals surface area (Å²) >= 11 is 5.61. The van der Waals surface area contributed by atoms with Gasteiger partial charge in [0.1, 0.15) is 5.52 Å². The van der Waals surface area contributed by atoms with Crippen LogP contribution in [-0.2, 0) is 0 Å². The Hall–Kier alpha value is -1.36. The van der Waals surface area contributed by atoms with Crippen LogP contribution >= 0.6 is 11.6 Å². The zero-order chi connectivity index (χ0) is 7.84. The lowest BCUT2D eigenvalue weighted by molar-refractivity contribution is 0.433. The van der Waals surface area contributed by atoms with Crippen molar-refractivity contribution in [1.82, 2.24) is 19.9 Å². The lowest BCUT2D eigenvalue weighted by Crippen LogP contribution is -1.83. The lowest BCUT2D eigenvalue weighted by Gasteiger charge is -1.91. The molecule has 0 radical (unpaired) electrons. The van der Waals surface area contributed by atoms with E-state index in [1.54, 1.807) is 0 Å². The van der Waals surface area contributed by atoms with Crippen LogP contribution in [0.2, 0.25) is 5.15 Å². The van der Waals surface area contributed by atoms with Gasteiger partial charge in [0.05, 0.1) is 6.33 Å². The molecule has 0 aliphatic carbocycles. The normalized spacial score (nSPS) is 10.6. The molecule has 0 saturated heterocycles. The first kappa shape index (κ1) is 6.36. The average molecular weight is 171 g/mol. The molecule has 0 unspecified atom stereocenters. The van der Waals surface area contributed by atoms with Crippen molar-refractivity contribution in [3.63, 3.8) is 0 Å². The molecule has 6 heteroatoms. The first-order chi connectivity index (χ1) is 5.27. The van der Waals surface area contributed by atoms with Gasteiger partial charge in [-0.1, -0.05) is 11.6 Å². The molecule has 0 atom stereocenters. The highest BCUT2D eigenvalue weighted by Gasteiger charge is 2.05. The van der Waals surface area contributed by atoms with Gasteiger partial charge in [-0.05, 0) is 0 Å². The van der Waals surface area contributed by atoms with E-state index in [2.05, 4.69) is 19.9 Å². The summed E-state index contributed by atoms with van der Waals surface area (Å²) < 4.78 is 0. The fourth-order valence-corrected chi connectivity index (χ4v) is 1.00. The minimum atomic E-state index is -0.355. The maximum atomic E-state index is 8.88. The van der Waals surface area contributed by atoms with Crippen molar-refractivity contribution in [2.45, 2.75) is 0 Å². The topological polar surface area (TPSA) is 74.7 Å². The Morgan fingerprint density at radius 2 is 2.27 bits per heavy atom. The molecule has 2 N–H and O–H groups in total. The molecular weight excluding hydrogens is 168 g/mol. The molecule has 11 heavy (non-hydrogen) atoms. The number of nitrogens with one attached hydrogen (secondary N) is 1. The monoisotopic (exact) mass is 170 g/mol. The van der Waals surface area contributed by atoms with Gasteiger partial charge in [0.2, 0.25) is 0 Å². The van der Waals surface area contributed by atoms with Crippen LogP contribution in [0, 0.1) is 0 Å². The minimum Gasteiger partial charge on any atom is -0.479 e. The summed E-state index contributed by atoms with van der Waals surface area (Å²) in [6, 6.07) is -0.355. The summed E-state index contributed by atoms with van der Waals surface area (Å²) in [5, 5.41) is 9.02. The average Bonchev–Trinajstić information content (AvgIpc) is 2.34. The van der Waals surface area contributed by atoms with Crippen LogP contribution in [0.4, 0.5) is 0 Å². The van der Waals surface area contributed by atoms with E-state index in [9.17, 15) is 0 Å². The van der Waals surface area contributed by atoms with Crippen molar-refractivity contribution in [1.29, 1.82) is 0 Å². The van der Waals surface area contributed by atoms with Crippen molar-refractivity contribution in [2.75, 3.05) is 0 Å². The quantitative estimate of drug-likeness (QED) is 0.571. The zero-order valence-electron chi connectivity index (χ0n) is 5.24. The molecule has 0 aliphatic rings. The van der Waals surface area contributed by atoms with Crippen molar-refractivity contribution in [2.24, 2.45) is 0 Å². The van der Waals surface area contributed by atoms with E-state index in [0.717, 1.165) is 0 Å². The molecular formula is C5H3ClN4O. The molecule has 0 aromatic carbocycles. The van der Waals surface area contributed by atoms with Crippen molar-refractivity contribution >= 4 is 22.8 Å². The molecule has 2 rings (SSSR count). The van der Waals surface area contributed by atoms with Crippen LogP contribution in [0.15, 0.2) is 6.33 Å². The van der Waals surface area contributed by atoms with Gasteiger partial charge >= 0.3 is 6.01 Å². The molecule has 0 saturated carbocycles. The Kier molecular flexibility index (Phi) is 1.19. The summed E-state index contributed by atoms with van der Waals surface area (Å²) in [7, 11) is 0. The predicted octanol–water partition coefficient (Wildman–Crippen LogP) is 0.712. The third-order valence-corrected chi connectivity index (χ3v) is 1.49. The predicted molar refractivity (Wildman–Crippen MR) is 38.4 cm³/mol. The van der Waals surface area contributed by atoms with Gasteiger partial charge in [0, 0.05) is 0 Å². The van der Waals surface area contributed by atoms with E-state index in [-0.39, 0.29) is 11.2 Å². The van der Waals surface area contributed by atoms with Crippen molar-refractivity contribution < 1.29 is 5.11 Å². The third-order valence-electron chi connectivity index (χ3n) is 1.22. The van der Waals surface area contributed by atoms with E-state index in [0.29, 0.717) is 11.2 Å². The lowest BCUT2D eigenvalue weighted by atomic mass is 10.6. The smallest absolute Gasteiger partial charge is 0.317 e. The molecule has 5 nitrogen and oxygen atoms in total. The Bertz CT molecular complexity index is 398. The second-order valence-corrected chi connectivity index (χ2v) is 2.27. The van der Waals surface area contributed by atoms with Gasteiger partial charge in [0.15, 0.2) is 10.8 Å². The number of hydrogen-bond donors (Lipinski definition) is 2. The van der Waals surface area contributed by atoms with Crippen molar-refractivity contribution in [3.05, 3.63) is 11.5 Å². The van der Waals surface area contributed by atoms with Gasteiger partial charge in [-0.2, -0.15) is 9.97 Å². The Morgan fingerprint density at radius 3 is 3.09 bits per heavy atom. The van der Waals surface area contributed by atoms with Crippen molar-refractivity contribution in [3.8, 4) is 6.01 Å². The zero-order valence-corrected chi connectivity index (χ0v) is 6.00. The van der Waals surface area contributed by atoms with E-state index < -0.39 is 0 Å². The molecule has 56 valence electrons. The molecule has 2 aromatic rings. The highest BCUT2D eigenvalue weighted by molar-refractivity contribution is 6.33. The summed E-state index contributed by atoms with van der Waals surface area (Å²) in [5.74, 6) is 0. The fourth-order valence-electron chi connectivity index (χ4n) is 0.789. The van der Waals surface area contributed by atoms with E-state index in [4.69, 9.17) is 16.7 Å². The number of rotatable bonds is 0. The fraction of sp³-hybridized carbons (Fsp3) is 0. The van der Waals surface area contributed by atoms with Gasteiger partial charge in [-0.15, -0.1) is 0 Å². The van der Waals surface area contributed by atoms with Crippen LogP contribution in [0.5, 0.6) is 6.01 Å². The molecule has 0 spiro atoms. The maximum Gasteiger partial charge on any atom is 0.317 e. The van der Waals surface area contributed by atoms with Crippen LogP contribution in [0.3, 0.4) is 0 Å². The molecule has 2 aromatic heterocycles. The standard InChI is InChI=1S/C5H3ClN4O/c6-3-2-4(8-1-7-2)10-5(11)9-3/h1H,(H2,7,8,9,10,11). The molecule has 0 aliphatic heterocycles. The highest BCUT2D eigenvalue weighted by atomic mass is 35.5. The Labute approximate surface area is 66.1 Å². The van der Waals surface area contributed by atoms with E-state index >= 15 is 0 Å². The van der Waals surface area contributed by atoms with Gasteiger partial charge in [0.25, 0.3) is 0 Å². The number of aromatic amines is 1. The number of imidazole rings is 1. The SMILES string of the molecule is Oc1nc(Cl)c2nc[nH]c2n1. The van der Waals surface area contributed by atoms with Gasteiger partial charge in [-0.25, -0.2) is 4.98 Å². The van der Waals surface area contributed by atoms with E-state index in [1.165, 1.54) is 6.33 Å². The number of H-pyrrole nitrogens is 1. The number of aromatic nitrogens is 4. The third kappa shape index (κ3) is 0.894. The molecule has 0 bridgehead atoms. The van der Waals surface area contributed by atoms with Crippen LogP contribution in [0.1, 0.15) is 0 Å². The first-order valence-corrected chi connectivity index (χ1v) is 3.21. The first-order valence-electron chi connectivity index (χ1n) is 2.83. The second kappa shape index (κ2) is 2.06. The van der Waals surface area contributed by atoms with Crippen LogP contribution in [-0.4, -0.2) is 25.0 Å². The Morgan fingerprint density at radius 1 is 1.45 bits per heavy atom. The number of nitrogens with zero attached hydrogens (tertiary/aromatic N) is 3. The minimum absolute atomic E-state index is 0.147. The summed E-state index contributed by atoms with van der Waals surface area (Å²) in [6.07, 6.45) is 1.44. The number of hydrogen-bond acceptors (Lipinski definition) is 4. The number of fused-ring (bicyclic) bond motifs is 1. The summed E-state index contributed by atoms with van der Waals surface area (Å²) in [5.41, 5.74) is 0.895. The van der Waals surface area contributed by atoms with Gasteiger partial charge < -0.3 is 10.1 Å². The molecule has 0 fully saturated rings. The van der Waals surface area contributed by atoms with Crippen LogP contribution in [0.25, 0.3) is 11.2 Å². The summed E-state index contributed by atoms with van der Waals surface area (Å²) in [6.45, 7) is 0. The second-order valence-electron chi connectivity index (χ2n) is 1.91. The maximum absolute atomic E-state index is 8.88. The molecule has 2 heterocycles. The van der Waals surface area contributed by atoms with Crippen LogP contribution < -0.4 is 0 Å². The number of halogens is 1. The highest BCUT2D eigenvalue weighted by Crippen LogP contribution is 2.17.